The summed E-state index contributed by atoms with van der Waals surface area (Å²) in [4.78, 5) is 4.44. The van der Waals surface area contributed by atoms with Crippen molar-refractivity contribution >= 4 is 22.9 Å². The molecule has 2 N–H and O–H groups in total. The fourth-order valence-electron chi connectivity index (χ4n) is 1.77. The number of rotatable bonds is 5. The van der Waals surface area contributed by atoms with Crippen LogP contribution < -0.4 is 5.43 Å². The second-order valence-electron chi connectivity index (χ2n) is 4.30. The Bertz CT molecular complexity index is 730. The Balaban J connectivity index is 2.15. The molecule has 1 aromatic heterocycles. The normalized spacial score (nSPS) is 12.8. The maximum atomic E-state index is 9.73. The van der Waals surface area contributed by atoms with Crippen LogP contribution in [0.5, 0.6) is 0 Å². The number of aliphatic hydroxyl groups is 1. The summed E-state index contributed by atoms with van der Waals surface area (Å²) in [5.74, 6) is 0.753. The molecular formula is C17H17N3O. The summed E-state index contributed by atoms with van der Waals surface area (Å²) in [6, 6.07) is 11.7. The molecule has 0 fully saturated rings. The molecule has 1 aromatic carbocycles. The zero-order valence-corrected chi connectivity index (χ0v) is 11.8. The molecule has 21 heavy (non-hydrogen) atoms. The largest absolute Gasteiger partial charge is 0.507 e. The third-order valence-corrected chi connectivity index (χ3v) is 2.82. The molecule has 0 amide bonds. The van der Waals surface area contributed by atoms with Gasteiger partial charge in [-0.25, -0.2) is 4.98 Å². The van der Waals surface area contributed by atoms with Crippen LogP contribution in [0.4, 0.5) is 5.82 Å². The molecule has 0 saturated heterocycles. The van der Waals surface area contributed by atoms with Crippen LogP contribution in [0, 0.1) is 0 Å². The average molecular weight is 279 g/mol. The summed E-state index contributed by atoms with van der Waals surface area (Å²) in [6.45, 7) is 5.47. The Kier molecular flexibility index (Phi) is 4.88. The van der Waals surface area contributed by atoms with Crippen LogP contribution in [0.15, 0.2) is 77.6 Å². The summed E-state index contributed by atoms with van der Waals surface area (Å²) in [5, 5.41) is 14.9. The summed E-state index contributed by atoms with van der Waals surface area (Å²) in [7, 11) is 0. The second kappa shape index (κ2) is 7.05. The average Bonchev–Trinajstić information content (AvgIpc) is 2.51. The van der Waals surface area contributed by atoms with E-state index in [9.17, 15) is 5.11 Å². The van der Waals surface area contributed by atoms with Crippen LogP contribution in [-0.4, -0.2) is 16.3 Å². The summed E-state index contributed by atoms with van der Waals surface area (Å²) >= 11 is 0. The highest BCUT2D eigenvalue weighted by Crippen LogP contribution is 2.14. The lowest BCUT2D eigenvalue weighted by molar-refractivity contribution is 0.430. The lowest BCUT2D eigenvalue weighted by Crippen LogP contribution is -1.95. The van der Waals surface area contributed by atoms with Gasteiger partial charge in [-0.15, -0.1) is 0 Å². The second-order valence-corrected chi connectivity index (χ2v) is 4.30. The molecule has 0 aliphatic carbocycles. The number of hydrazone groups is 1. The Hall–Kier alpha value is -2.88. The predicted molar refractivity (Wildman–Crippen MR) is 88.5 cm³/mol. The first kappa shape index (κ1) is 14.5. The van der Waals surface area contributed by atoms with Gasteiger partial charge in [0.1, 0.15) is 11.6 Å². The van der Waals surface area contributed by atoms with Crippen LogP contribution in [-0.2, 0) is 0 Å². The third kappa shape index (κ3) is 3.79. The van der Waals surface area contributed by atoms with Gasteiger partial charge in [-0.3, -0.25) is 5.43 Å². The highest BCUT2D eigenvalue weighted by Gasteiger charge is 1.97. The first-order valence-electron chi connectivity index (χ1n) is 6.58. The van der Waals surface area contributed by atoms with Gasteiger partial charge in [-0.05, 0) is 31.2 Å². The van der Waals surface area contributed by atoms with E-state index in [1.54, 1.807) is 12.2 Å². The smallest absolute Gasteiger partial charge is 0.146 e. The molecule has 0 atom stereocenters. The molecule has 2 aromatic rings. The molecule has 4 heteroatoms. The predicted octanol–water partition coefficient (Wildman–Crippen LogP) is 4.21. The number of nitrogens with one attached hydrogen (secondary N) is 1. The number of aromatic nitrogens is 1. The Labute approximate surface area is 123 Å². The quantitative estimate of drug-likeness (QED) is 0.373. The summed E-state index contributed by atoms with van der Waals surface area (Å²) in [6.07, 6.45) is 6.36. The van der Waals surface area contributed by atoms with E-state index in [-0.39, 0.29) is 5.76 Å². The maximum absolute atomic E-state index is 9.73. The van der Waals surface area contributed by atoms with E-state index >= 15 is 0 Å². The Morgan fingerprint density at radius 3 is 2.86 bits per heavy atom. The number of allylic oxidation sites excluding steroid dienone is 4. The fraction of sp³-hybridized carbons (Fsp3) is 0.0588. The highest BCUT2D eigenvalue weighted by atomic mass is 16.3. The Morgan fingerprint density at radius 2 is 2.10 bits per heavy atom. The van der Waals surface area contributed by atoms with Crippen LogP contribution in [0.25, 0.3) is 10.9 Å². The lowest BCUT2D eigenvalue weighted by atomic mass is 10.2. The van der Waals surface area contributed by atoms with Crippen molar-refractivity contribution in [1.82, 2.24) is 4.98 Å². The van der Waals surface area contributed by atoms with Crippen LogP contribution >= 0.6 is 0 Å². The minimum absolute atomic E-state index is 0.115. The van der Waals surface area contributed by atoms with Crippen molar-refractivity contribution in [3.8, 4) is 0 Å². The molecule has 0 unspecified atom stereocenters. The zero-order chi connectivity index (χ0) is 15.1. The van der Waals surface area contributed by atoms with E-state index in [1.807, 2.05) is 43.3 Å². The standard InChI is InChI=1S/C17H17N3O/c1-3-7-16(21)13(4-2)12-18-20-17-11-10-14-8-5-6-9-15(14)19-17/h3-12,21H,2H2,1H3,(H,19,20)/b7-3-,16-13-,18-12+. The van der Waals surface area contributed by atoms with Crippen molar-refractivity contribution in [2.24, 2.45) is 5.10 Å². The first-order valence-corrected chi connectivity index (χ1v) is 6.58. The molecular weight excluding hydrogens is 262 g/mol. The van der Waals surface area contributed by atoms with E-state index in [0.29, 0.717) is 11.4 Å². The molecule has 0 bridgehead atoms. The SMILES string of the molecule is C=CC(/C=N/Nc1ccc2ccccc2n1)=C(O)\C=C/C. The lowest BCUT2D eigenvalue weighted by Gasteiger charge is -2.02. The van der Waals surface area contributed by atoms with Crippen molar-refractivity contribution < 1.29 is 5.11 Å². The number of aliphatic hydroxyl groups excluding tert-OH is 1. The van der Waals surface area contributed by atoms with Gasteiger partial charge in [0, 0.05) is 11.0 Å². The number of fused-ring (bicyclic) bond motifs is 1. The first-order chi connectivity index (χ1) is 10.2. The number of nitrogens with zero attached hydrogens (tertiary/aromatic N) is 2. The molecule has 0 saturated carbocycles. The van der Waals surface area contributed by atoms with Gasteiger partial charge >= 0.3 is 0 Å². The molecule has 106 valence electrons. The number of pyridine rings is 1. The van der Waals surface area contributed by atoms with Crippen molar-refractivity contribution in [3.05, 3.63) is 72.5 Å². The molecule has 2 rings (SSSR count). The van der Waals surface area contributed by atoms with Crippen LogP contribution in [0.2, 0.25) is 0 Å². The van der Waals surface area contributed by atoms with Crippen molar-refractivity contribution in [3.63, 3.8) is 0 Å². The highest BCUT2D eigenvalue weighted by molar-refractivity contribution is 5.84. The van der Waals surface area contributed by atoms with E-state index in [4.69, 9.17) is 0 Å². The Morgan fingerprint density at radius 1 is 1.29 bits per heavy atom. The van der Waals surface area contributed by atoms with E-state index in [1.165, 1.54) is 12.3 Å². The number of para-hydroxylation sites is 1. The number of hydrogen-bond donors (Lipinski definition) is 2. The molecule has 0 spiro atoms. The monoisotopic (exact) mass is 279 g/mol. The minimum atomic E-state index is 0.115. The third-order valence-electron chi connectivity index (χ3n) is 2.82. The van der Waals surface area contributed by atoms with Crippen molar-refractivity contribution in [1.29, 1.82) is 0 Å². The maximum Gasteiger partial charge on any atom is 0.146 e. The number of anilines is 1. The summed E-state index contributed by atoms with van der Waals surface area (Å²) in [5.41, 5.74) is 4.27. The zero-order valence-electron chi connectivity index (χ0n) is 11.8. The van der Waals surface area contributed by atoms with Crippen LogP contribution in [0.1, 0.15) is 6.92 Å². The van der Waals surface area contributed by atoms with E-state index in [2.05, 4.69) is 22.1 Å². The molecule has 0 aliphatic heterocycles. The van der Waals surface area contributed by atoms with Gasteiger partial charge in [0.15, 0.2) is 0 Å². The van der Waals surface area contributed by atoms with E-state index in [0.717, 1.165) is 10.9 Å². The van der Waals surface area contributed by atoms with Crippen molar-refractivity contribution in [2.75, 3.05) is 5.43 Å². The fourth-order valence-corrected chi connectivity index (χ4v) is 1.77. The van der Waals surface area contributed by atoms with E-state index < -0.39 is 0 Å². The molecule has 1 heterocycles. The number of benzene rings is 1. The van der Waals surface area contributed by atoms with Crippen LogP contribution in [0.3, 0.4) is 0 Å². The topological polar surface area (TPSA) is 57.5 Å². The van der Waals surface area contributed by atoms with Gasteiger partial charge < -0.3 is 5.11 Å². The van der Waals surface area contributed by atoms with Gasteiger partial charge in [0.05, 0.1) is 11.7 Å². The number of hydrogen-bond acceptors (Lipinski definition) is 4. The molecule has 4 nitrogen and oxygen atoms in total. The van der Waals surface area contributed by atoms with Gasteiger partial charge in [-0.1, -0.05) is 36.9 Å². The summed E-state index contributed by atoms with van der Waals surface area (Å²) < 4.78 is 0. The minimum Gasteiger partial charge on any atom is -0.507 e. The van der Waals surface area contributed by atoms with Gasteiger partial charge in [-0.2, -0.15) is 5.10 Å². The van der Waals surface area contributed by atoms with Crippen molar-refractivity contribution in [2.45, 2.75) is 6.92 Å². The van der Waals surface area contributed by atoms with Gasteiger partial charge in [0.25, 0.3) is 0 Å². The molecule has 0 radical (unpaired) electrons. The van der Waals surface area contributed by atoms with Gasteiger partial charge in [0.2, 0.25) is 0 Å². The molecule has 0 aliphatic rings.